The molecule has 3 nitrogen and oxygen atoms in total. The van der Waals surface area contributed by atoms with Gasteiger partial charge in [-0.2, -0.15) is 0 Å². The van der Waals surface area contributed by atoms with Crippen LogP contribution in [0.2, 0.25) is 0 Å². The van der Waals surface area contributed by atoms with Crippen molar-refractivity contribution in [1.82, 2.24) is 4.90 Å². The molecule has 0 bridgehead atoms. The van der Waals surface area contributed by atoms with Gasteiger partial charge < -0.3 is 10.6 Å². The van der Waals surface area contributed by atoms with Gasteiger partial charge in [-0.3, -0.25) is 4.79 Å². The molecule has 1 amide bonds. The Labute approximate surface area is 125 Å². The van der Waals surface area contributed by atoms with Gasteiger partial charge in [-0.1, -0.05) is 64.7 Å². The minimum absolute atomic E-state index is 0.316. The fourth-order valence-corrected chi connectivity index (χ4v) is 3.02. The van der Waals surface area contributed by atoms with E-state index in [0.717, 1.165) is 13.1 Å². The number of rotatable bonds is 12. The SMILES string of the molecule is CCCCCCCCCCCCN1CC(CN)CC1=O. The van der Waals surface area contributed by atoms with Gasteiger partial charge in [0.2, 0.25) is 5.91 Å². The first kappa shape index (κ1) is 17.5. The molecular formula is C17H34N2O. The summed E-state index contributed by atoms with van der Waals surface area (Å²) in [6, 6.07) is 0. The fourth-order valence-electron chi connectivity index (χ4n) is 3.02. The van der Waals surface area contributed by atoms with E-state index < -0.39 is 0 Å². The lowest BCUT2D eigenvalue weighted by Gasteiger charge is -2.16. The van der Waals surface area contributed by atoms with Crippen LogP contribution in [0.4, 0.5) is 0 Å². The molecule has 0 saturated carbocycles. The number of hydrogen-bond acceptors (Lipinski definition) is 2. The van der Waals surface area contributed by atoms with Crippen LogP contribution in [0.3, 0.4) is 0 Å². The molecule has 118 valence electrons. The molecule has 0 aromatic carbocycles. The van der Waals surface area contributed by atoms with Crippen LogP contribution in [0.25, 0.3) is 0 Å². The van der Waals surface area contributed by atoms with Crippen LogP contribution in [0.1, 0.15) is 77.6 Å². The Morgan fingerprint density at radius 3 is 2.05 bits per heavy atom. The Balaban J connectivity index is 1.86. The Morgan fingerprint density at radius 2 is 1.55 bits per heavy atom. The summed E-state index contributed by atoms with van der Waals surface area (Å²) in [5, 5.41) is 0. The molecule has 0 aromatic heterocycles. The highest BCUT2D eigenvalue weighted by Gasteiger charge is 2.27. The van der Waals surface area contributed by atoms with Crippen LogP contribution in [0.15, 0.2) is 0 Å². The third kappa shape index (κ3) is 7.28. The molecule has 1 atom stereocenters. The Bertz CT molecular complexity index is 255. The smallest absolute Gasteiger partial charge is 0.222 e. The Hall–Kier alpha value is -0.570. The average Bonchev–Trinajstić information content (AvgIpc) is 2.81. The lowest BCUT2D eigenvalue weighted by Crippen LogP contribution is -2.27. The van der Waals surface area contributed by atoms with Gasteiger partial charge in [0.25, 0.3) is 0 Å². The van der Waals surface area contributed by atoms with E-state index in [0.29, 0.717) is 24.8 Å². The van der Waals surface area contributed by atoms with Crippen molar-refractivity contribution in [3.05, 3.63) is 0 Å². The summed E-state index contributed by atoms with van der Waals surface area (Å²) in [5.41, 5.74) is 5.63. The first-order chi connectivity index (χ1) is 9.77. The maximum absolute atomic E-state index is 11.7. The van der Waals surface area contributed by atoms with Crippen molar-refractivity contribution < 1.29 is 4.79 Å². The monoisotopic (exact) mass is 282 g/mol. The number of hydrogen-bond donors (Lipinski definition) is 1. The van der Waals surface area contributed by atoms with Crippen LogP contribution in [-0.4, -0.2) is 30.4 Å². The summed E-state index contributed by atoms with van der Waals surface area (Å²) in [7, 11) is 0. The van der Waals surface area contributed by atoms with Gasteiger partial charge in [0.1, 0.15) is 0 Å². The van der Waals surface area contributed by atoms with Crippen molar-refractivity contribution >= 4 is 5.91 Å². The molecule has 1 saturated heterocycles. The average molecular weight is 282 g/mol. The molecule has 1 aliphatic heterocycles. The van der Waals surface area contributed by atoms with Gasteiger partial charge in [0.05, 0.1) is 0 Å². The fraction of sp³-hybridized carbons (Fsp3) is 0.941. The quantitative estimate of drug-likeness (QED) is 0.555. The van der Waals surface area contributed by atoms with Crippen LogP contribution >= 0.6 is 0 Å². The van der Waals surface area contributed by atoms with Crippen molar-refractivity contribution in [2.24, 2.45) is 11.7 Å². The second-order valence-corrected chi connectivity index (χ2v) is 6.33. The van der Waals surface area contributed by atoms with E-state index in [9.17, 15) is 4.79 Å². The maximum Gasteiger partial charge on any atom is 0.222 e. The van der Waals surface area contributed by atoms with E-state index in [1.54, 1.807) is 0 Å². The van der Waals surface area contributed by atoms with E-state index in [1.165, 1.54) is 64.2 Å². The van der Waals surface area contributed by atoms with Crippen LogP contribution < -0.4 is 5.73 Å². The Kier molecular flexibility index (Phi) is 9.73. The molecule has 2 N–H and O–H groups in total. The van der Waals surface area contributed by atoms with Gasteiger partial charge in [0, 0.05) is 19.5 Å². The number of carbonyl (C=O) groups excluding carboxylic acids is 1. The van der Waals surface area contributed by atoms with Crippen molar-refractivity contribution in [3.8, 4) is 0 Å². The molecule has 1 rings (SSSR count). The molecule has 0 aliphatic carbocycles. The highest BCUT2D eigenvalue weighted by atomic mass is 16.2. The molecule has 3 heteroatoms. The zero-order valence-electron chi connectivity index (χ0n) is 13.4. The maximum atomic E-state index is 11.7. The lowest BCUT2D eigenvalue weighted by atomic mass is 10.1. The largest absolute Gasteiger partial charge is 0.342 e. The Morgan fingerprint density at radius 1 is 1.00 bits per heavy atom. The van der Waals surface area contributed by atoms with E-state index in [-0.39, 0.29) is 0 Å². The third-order valence-corrected chi connectivity index (χ3v) is 4.41. The molecular weight excluding hydrogens is 248 g/mol. The van der Waals surface area contributed by atoms with E-state index >= 15 is 0 Å². The molecule has 0 spiro atoms. The van der Waals surface area contributed by atoms with Gasteiger partial charge in [-0.05, 0) is 18.9 Å². The third-order valence-electron chi connectivity index (χ3n) is 4.41. The van der Waals surface area contributed by atoms with Crippen molar-refractivity contribution in [3.63, 3.8) is 0 Å². The number of amides is 1. The summed E-state index contributed by atoms with van der Waals surface area (Å²) in [4.78, 5) is 13.7. The first-order valence-corrected chi connectivity index (χ1v) is 8.75. The summed E-state index contributed by atoms with van der Waals surface area (Å²) in [6.07, 6.45) is 14.2. The molecule has 0 aromatic rings. The lowest BCUT2D eigenvalue weighted by molar-refractivity contribution is -0.127. The first-order valence-electron chi connectivity index (χ1n) is 8.75. The molecule has 1 unspecified atom stereocenters. The number of likely N-dealkylation sites (tertiary alicyclic amines) is 1. The molecule has 1 heterocycles. The van der Waals surface area contributed by atoms with Crippen molar-refractivity contribution in [2.45, 2.75) is 77.6 Å². The van der Waals surface area contributed by atoms with E-state index in [1.807, 2.05) is 4.90 Å². The predicted molar refractivity (Wildman–Crippen MR) is 85.6 cm³/mol. The summed E-state index contributed by atoms with van der Waals surface area (Å²) in [6.45, 7) is 4.76. The molecule has 1 fully saturated rings. The molecule has 1 aliphatic rings. The van der Waals surface area contributed by atoms with Gasteiger partial charge >= 0.3 is 0 Å². The highest BCUT2D eigenvalue weighted by molar-refractivity contribution is 5.78. The van der Waals surface area contributed by atoms with Crippen LogP contribution in [-0.2, 0) is 4.79 Å². The minimum atomic E-state index is 0.316. The standard InChI is InChI=1S/C17H34N2O/c1-2-3-4-5-6-7-8-9-10-11-12-19-15-16(14-18)13-17(19)20/h16H,2-15,18H2,1H3. The number of unbranched alkanes of at least 4 members (excludes halogenated alkanes) is 9. The van der Waals surface area contributed by atoms with Crippen molar-refractivity contribution in [1.29, 1.82) is 0 Å². The number of nitrogens with zero attached hydrogens (tertiary/aromatic N) is 1. The number of nitrogens with two attached hydrogens (primary N) is 1. The molecule has 0 radical (unpaired) electrons. The topological polar surface area (TPSA) is 46.3 Å². The van der Waals surface area contributed by atoms with Gasteiger partial charge in [-0.25, -0.2) is 0 Å². The number of carbonyl (C=O) groups is 1. The zero-order valence-corrected chi connectivity index (χ0v) is 13.4. The summed E-state index contributed by atoms with van der Waals surface area (Å²) in [5.74, 6) is 0.724. The van der Waals surface area contributed by atoms with Crippen LogP contribution in [0, 0.1) is 5.92 Å². The second-order valence-electron chi connectivity index (χ2n) is 6.33. The summed E-state index contributed by atoms with van der Waals surface area (Å²) >= 11 is 0. The minimum Gasteiger partial charge on any atom is -0.342 e. The second kappa shape index (κ2) is 11.1. The predicted octanol–water partition coefficient (Wildman–Crippen LogP) is 3.71. The zero-order chi connectivity index (χ0) is 14.6. The van der Waals surface area contributed by atoms with E-state index in [4.69, 9.17) is 5.73 Å². The van der Waals surface area contributed by atoms with Crippen molar-refractivity contribution in [2.75, 3.05) is 19.6 Å². The van der Waals surface area contributed by atoms with Gasteiger partial charge in [-0.15, -0.1) is 0 Å². The van der Waals surface area contributed by atoms with Gasteiger partial charge in [0.15, 0.2) is 0 Å². The van der Waals surface area contributed by atoms with E-state index in [2.05, 4.69) is 6.92 Å². The highest BCUT2D eigenvalue weighted by Crippen LogP contribution is 2.17. The van der Waals surface area contributed by atoms with Crippen LogP contribution in [0.5, 0.6) is 0 Å². The summed E-state index contributed by atoms with van der Waals surface area (Å²) < 4.78 is 0. The molecule has 20 heavy (non-hydrogen) atoms. The normalized spacial score (nSPS) is 19.0.